The molecular formula is C13H15N3OS. The van der Waals surface area contributed by atoms with Gasteiger partial charge in [-0.15, -0.1) is 0 Å². The highest BCUT2D eigenvalue weighted by Gasteiger charge is 2.22. The number of ether oxygens (including phenoxy) is 1. The summed E-state index contributed by atoms with van der Waals surface area (Å²) in [7, 11) is 0. The number of rotatable bonds is 2. The highest BCUT2D eigenvalue weighted by Crippen LogP contribution is 2.27. The topological polar surface area (TPSA) is 42.8 Å². The van der Waals surface area contributed by atoms with Gasteiger partial charge in [0.15, 0.2) is 4.77 Å². The summed E-state index contributed by atoms with van der Waals surface area (Å²) < 4.78 is 8.09. The Bertz CT molecular complexity index is 569. The molecule has 1 aliphatic rings. The molecule has 1 saturated heterocycles. The number of para-hydroxylation sites is 1. The Kier molecular flexibility index (Phi) is 3.25. The number of nitrogens with one attached hydrogen (secondary N) is 1. The molecule has 0 atom stereocenters. The van der Waals surface area contributed by atoms with Gasteiger partial charge in [0.05, 0.1) is 0 Å². The first-order valence-corrected chi connectivity index (χ1v) is 6.57. The molecule has 0 unspecified atom stereocenters. The second-order valence-corrected chi connectivity index (χ2v) is 4.83. The van der Waals surface area contributed by atoms with Crippen molar-refractivity contribution in [2.45, 2.75) is 18.8 Å². The maximum Gasteiger partial charge on any atom is 0.199 e. The van der Waals surface area contributed by atoms with Crippen LogP contribution in [0.1, 0.15) is 24.6 Å². The molecule has 4 nitrogen and oxygen atoms in total. The molecule has 2 heterocycles. The molecular weight excluding hydrogens is 246 g/mol. The maximum absolute atomic E-state index is 5.40. The number of hydrogen-bond acceptors (Lipinski definition) is 3. The first kappa shape index (κ1) is 11.6. The molecule has 2 aromatic rings. The van der Waals surface area contributed by atoms with E-state index < -0.39 is 0 Å². The molecule has 1 aliphatic heterocycles. The van der Waals surface area contributed by atoms with E-state index in [2.05, 4.69) is 10.2 Å². The monoisotopic (exact) mass is 261 g/mol. The fraction of sp³-hybridized carbons (Fsp3) is 0.385. The molecule has 18 heavy (non-hydrogen) atoms. The predicted molar refractivity (Wildman–Crippen MR) is 71.5 cm³/mol. The van der Waals surface area contributed by atoms with Gasteiger partial charge < -0.3 is 4.74 Å². The molecule has 0 amide bonds. The van der Waals surface area contributed by atoms with Crippen molar-refractivity contribution in [3.8, 4) is 5.69 Å². The van der Waals surface area contributed by atoms with Gasteiger partial charge in [0.2, 0.25) is 0 Å². The van der Waals surface area contributed by atoms with Crippen LogP contribution in [0.3, 0.4) is 0 Å². The third-order valence-electron chi connectivity index (χ3n) is 3.30. The molecule has 0 radical (unpaired) electrons. The molecule has 1 aromatic heterocycles. The number of nitrogens with zero attached hydrogens (tertiary/aromatic N) is 2. The lowest BCUT2D eigenvalue weighted by atomic mass is 9.99. The lowest BCUT2D eigenvalue weighted by Crippen LogP contribution is -2.17. The van der Waals surface area contributed by atoms with Crippen LogP contribution in [0.4, 0.5) is 0 Å². The zero-order chi connectivity index (χ0) is 12.4. The van der Waals surface area contributed by atoms with Crippen molar-refractivity contribution in [3.63, 3.8) is 0 Å². The van der Waals surface area contributed by atoms with Crippen LogP contribution < -0.4 is 0 Å². The van der Waals surface area contributed by atoms with Crippen LogP contribution >= 0.6 is 12.2 Å². The molecule has 1 N–H and O–H groups in total. The van der Waals surface area contributed by atoms with Crippen LogP contribution in [-0.2, 0) is 4.74 Å². The average molecular weight is 261 g/mol. The molecule has 94 valence electrons. The predicted octanol–water partition coefficient (Wildman–Crippen LogP) is 2.82. The van der Waals surface area contributed by atoms with Gasteiger partial charge in [-0.25, -0.2) is 0 Å². The van der Waals surface area contributed by atoms with E-state index >= 15 is 0 Å². The van der Waals surface area contributed by atoms with Crippen LogP contribution in [0.25, 0.3) is 5.69 Å². The van der Waals surface area contributed by atoms with E-state index in [1.54, 1.807) is 0 Å². The maximum atomic E-state index is 5.40. The third-order valence-corrected chi connectivity index (χ3v) is 3.57. The smallest absolute Gasteiger partial charge is 0.199 e. The van der Waals surface area contributed by atoms with Crippen molar-refractivity contribution >= 4 is 12.2 Å². The van der Waals surface area contributed by atoms with Gasteiger partial charge in [-0.2, -0.15) is 5.10 Å². The van der Waals surface area contributed by atoms with E-state index in [0.29, 0.717) is 10.7 Å². The molecule has 0 saturated carbocycles. The quantitative estimate of drug-likeness (QED) is 0.845. The highest BCUT2D eigenvalue weighted by molar-refractivity contribution is 7.71. The van der Waals surface area contributed by atoms with Gasteiger partial charge in [0, 0.05) is 24.8 Å². The molecule has 1 aromatic carbocycles. The minimum absolute atomic E-state index is 0.423. The number of benzene rings is 1. The normalized spacial score (nSPS) is 16.9. The Hall–Kier alpha value is -1.46. The van der Waals surface area contributed by atoms with Crippen LogP contribution in [-0.4, -0.2) is 28.0 Å². The fourth-order valence-electron chi connectivity index (χ4n) is 2.37. The van der Waals surface area contributed by atoms with E-state index in [9.17, 15) is 0 Å². The van der Waals surface area contributed by atoms with E-state index in [1.165, 1.54) is 0 Å². The van der Waals surface area contributed by atoms with Crippen LogP contribution in [0.2, 0.25) is 0 Å². The summed E-state index contributed by atoms with van der Waals surface area (Å²) in [6, 6.07) is 10.1. The largest absolute Gasteiger partial charge is 0.381 e. The zero-order valence-electron chi connectivity index (χ0n) is 10.0. The second-order valence-electron chi connectivity index (χ2n) is 4.44. The Morgan fingerprint density at radius 3 is 2.67 bits per heavy atom. The Morgan fingerprint density at radius 1 is 1.22 bits per heavy atom. The molecule has 0 bridgehead atoms. The first-order valence-electron chi connectivity index (χ1n) is 6.17. The van der Waals surface area contributed by atoms with E-state index in [0.717, 1.165) is 37.6 Å². The minimum Gasteiger partial charge on any atom is -0.381 e. The lowest BCUT2D eigenvalue weighted by molar-refractivity contribution is 0.0832. The summed E-state index contributed by atoms with van der Waals surface area (Å²) in [6.45, 7) is 1.61. The number of aromatic nitrogens is 3. The van der Waals surface area contributed by atoms with Gasteiger partial charge in [-0.1, -0.05) is 18.2 Å². The Morgan fingerprint density at radius 2 is 1.94 bits per heavy atom. The van der Waals surface area contributed by atoms with Gasteiger partial charge in [0.1, 0.15) is 5.82 Å². The minimum atomic E-state index is 0.423. The van der Waals surface area contributed by atoms with Crippen LogP contribution in [0, 0.1) is 4.77 Å². The molecule has 1 fully saturated rings. The van der Waals surface area contributed by atoms with E-state index in [1.807, 2.05) is 34.9 Å². The zero-order valence-corrected chi connectivity index (χ0v) is 10.8. The number of H-pyrrole nitrogens is 1. The third kappa shape index (κ3) is 2.11. The molecule has 0 spiro atoms. The summed E-state index contributed by atoms with van der Waals surface area (Å²) in [6.07, 6.45) is 2.01. The van der Waals surface area contributed by atoms with Gasteiger partial charge in [-0.3, -0.25) is 9.67 Å². The van der Waals surface area contributed by atoms with E-state index in [4.69, 9.17) is 17.0 Å². The van der Waals surface area contributed by atoms with E-state index in [-0.39, 0.29) is 0 Å². The summed E-state index contributed by atoms with van der Waals surface area (Å²) in [5, 5.41) is 7.31. The van der Waals surface area contributed by atoms with Gasteiger partial charge >= 0.3 is 0 Å². The molecule has 3 rings (SSSR count). The van der Waals surface area contributed by atoms with Crippen LogP contribution in [0.5, 0.6) is 0 Å². The summed E-state index contributed by atoms with van der Waals surface area (Å²) in [4.78, 5) is 0. The fourth-order valence-corrected chi connectivity index (χ4v) is 2.61. The highest BCUT2D eigenvalue weighted by atomic mass is 32.1. The van der Waals surface area contributed by atoms with Crippen molar-refractivity contribution in [2.75, 3.05) is 13.2 Å². The van der Waals surface area contributed by atoms with Crippen molar-refractivity contribution in [1.82, 2.24) is 14.8 Å². The van der Waals surface area contributed by atoms with Crippen molar-refractivity contribution < 1.29 is 4.74 Å². The van der Waals surface area contributed by atoms with Gasteiger partial charge in [0.25, 0.3) is 0 Å². The Balaban J connectivity index is 2.04. The average Bonchev–Trinajstić information content (AvgIpc) is 2.83. The SMILES string of the molecule is S=c1[nH]nc(C2CCOCC2)n1-c1ccccc1. The number of hydrogen-bond donors (Lipinski definition) is 1. The van der Waals surface area contributed by atoms with Crippen molar-refractivity contribution in [2.24, 2.45) is 0 Å². The molecule has 0 aliphatic carbocycles. The molecule has 5 heteroatoms. The summed E-state index contributed by atoms with van der Waals surface area (Å²) >= 11 is 5.34. The first-order chi connectivity index (χ1) is 8.86. The van der Waals surface area contributed by atoms with Crippen molar-refractivity contribution in [1.29, 1.82) is 0 Å². The van der Waals surface area contributed by atoms with Crippen LogP contribution in [0.15, 0.2) is 30.3 Å². The number of aromatic amines is 1. The lowest BCUT2D eigenvalue weighted by Gasteiger charge is -2.21. The van der Waals surface area contributed by atoms with Crippen molar-refractivity contribution in [3.05, 3.63) is 40.9 Å². The summed E-state index contributed by atoms with van der Waals surface area (Å²) in [5.74, 6) is 1.45. The second kappa shape index (κ2) is 5.04. The Labute approximate surface area is 111 Å². The van der Waals surface area contributed by atoms with Gasteiger partial charge in [-0.05, 0) is 37.2 Å². The summed E-state index contributed by atoms with van der Waals surface area (Å²) in [5.41, 5.74) is 1.07. The standard InChI is InChI=1S/C13H15N3OS/c18-13-15-14-12(10-6-8-17-9-7-10)16(13)11-4-2-1-3-5-11/h1-5,10H,6-9H2,(H,15,18).